The molecule has 2 fully saturated rings. The van der Waals surface area contributed by atoms with E-state index < -0.39 is 0 Å². The van der Waals surface area contributed by atoms with E-state index in [2.05, 4.69) is 12.2 Å². The Morgan fingerprint density at radius 1 is 1.24 bits per heavy atom. The maximum absolute atomic E-state index is 12.1. The first-order chi connectivity index (χ1) is 8.24. The lowest BCUT2D eigenvalue weighted by Crippen LogP contribution is -2.54. The maximum atomic E-state index is 12.1. The quantitative estimate of drug-likeness (QED) is 0.696. The zero-order valence-electron chi connectivity index (χ0n) is 10.3. The molecular formula is C11H20N4O2. The van der Waals surface area contributed by atoms with Crippen molar-refractivity contribution in [3.05, 3.63) is 0 Å². The minimum Gasteiger partial charge on any atom is -0.314 e. The van der Waals surface area contributed by atoms with E-state index >= 15 is 0 Å². The van der Waals surface area contributed by atoms with Gasteiger partial charge < -0.3 is 10.2 Å². The van der Waals surface area contributed by atoms with Crippen molar-refractivity contribution in [2.24, 2.45) is 0 Å². The summed E-state index contributed by atoms with van der Waals surface area (Å²) in [5, 5.41) is 6.39. The van der Waals surface area contributed by atoms with Gasteiger partial charge in [0, 0.05) is 32.7 Å². The molecule has 1 N–H and O–H groups in total. The second kappa shape index (κ2) is 5.46. The number of amides is 3. The van der Waals surface area contributed by atoms with Crippen LogP contribution in [0.25, 0.3) is 0 Å². The van der Waals surface area contributed by atoms with Crippen molar-refractivity contribution in [3.8, 4) is 0 Å². The number of carbonyl (C=O) groups excluding carboxylic acids is 2. The van der Waals surface area contributed by atoms with Crippen molar-refractivity contribution >= 4 is 11.9 Å². The lowest BCUT2D eigenvalue weighted by atomic mass is 10.3. The van der Waals surface area contributed by atoms with Crippen LogP contribution in [-0.4, -0.2) is 66.1 Å². The van der Waals surface area contributed by atoms with Gasteiger partial charge in [-0.3, -0.25) is 4.79 Å². The molecule has 0 spiro atoms. The average Bonchev–Trinajstić information content (AvgIpc) is 2.63. The zero-order valence-corrected chi connectivity index (χ0v) is 10.3. The minimum atomic E-state index is -0.148. The summed E-state index contributed by atoms with van der Waals surface area (Å²) in [4.78, 5) is 25.6. The zero-order chi connectivity index (χ0) is 12.3. The number of urea groups is 1. The Kier molecular flexibility index (Phi) is 3.96. The third-order valence-electron chi connectivity index (χ3n) is 3.17. The number of hydrogen-bond acceptors (Lipinski definition) is 4. The molecule has 0 aromatic carbocycles. The molecule has 2 aliphatic rings. The summed E-state index contributed by atoms with van der Waals surface area (Å²) in [6.07, 6.45) is 1.99. The summed E-state index contributed by atoms with van der Waals surface area (Å²) < 4.78 is 0. The fraction of sp³-hybridized carbons (Fsp3) is 0.818. The van der Waals surface area contributed by atoms with Crippen LogP contribution in [0.5, 0.6) is 0 Å². The van der Waals surface area contributed by atoms with Gasteiger partial charge in [0.2, 0.25) is 0 Å². The van der Waals surface area contributed by atoms with Crippen LogP contribution in [0.15, 0.2) is 0 Å². The van der Waals surface area contributed by atoms with Crippen molar-refractivity contribution in [1.82, 2.24) is 20.2 Å². The number of imide groups is 1. The highest BCUT2D eigenvalue weighted by atomic mass is 16.2. The molecule has 96 valence electrons. The number of hydrazine groups is 1. The summed E-state index contributed by atoms with van der Waals surface area (Å²) in [5.41, 5.74) is 0. The molecule has 0 atom stereocenters. The topological polar surface area (TPSA) is 55.9 Å². The molecule has 0 aromatic heterocycles. The number of carbonyl (C=O) groups is 2. The first-order valence-electron chi connectivity index (χ1n) is 6.31. The van der Waals surface area contributed by atoms with Crippen LogP contribution < -0.4 is 5.32 Å². The Morgan fingerprint density at radius 2 is 1.94 bits per heavy atom. The molecule has 2 aliphatic heterocycles. The monoisotopic (exact) mass is 240 g/mol. The summed E-state index contributed by atoms with van der Waals surface area (Å²) in [6.45, 7) is 6.10. The van der Waals surface area contributed by atoms with Crippen LogP contribution in [0.2, 0.25) is 0 Å². The average molecular weight is 240 g/mol. The van der Waals surface area contributed by atoms with E-state index in [9.17, 15) is 9.59 Å². The number of nitrogens with zero attached hydrogens (tertiary/aromatic N) is 3. The van der Waals surface area contributed by atoms with Gasteiger partial charge in [-0.05, 0) is 6.42 Å². The third-order valence-corrected chi connectivity index (χ3v) is 3.17. The van der Waals surface area contributed by atoms with Crippen LogP contribution in [0.3, 0.4) is 0 Å². The smallest absolute Gasteiger partial charge is 0.314 e. The van der Waals surface area contributed by atoms with Gasteiger partial charge in [0.1, 0.15) is 6.54 Å². The lowest BCUT2D eigenvalue weighted by Gasteiger charge is -2.33. The van der Waals surface area contributed by atoms with Crippen LogP contribution in [-0.2, 0) is 4.79 Å². The van der Waals surface area contributed by atoms with Gasteiger partial charge in [0.05, 0.1) is 0 Å². The van der Waals surface area contributed by atoms with E-state index in [1.807, 2.05) is 5.01 Å². The van der Waals surface area contributed by atoms with Gasteiger partial charge in [-0.1, -0.05) is 13.3 Å². The summed E-state index contributed by atoms with van der Waals surface area (Å²) in [5.74, 6) is -0.0898. The molecule has 6 nitrogen and oxygen atoms in total. The Bertz CT molecular complexity index is 302. The number of nitrogens with one attached hydrogen (secondary N) is 1. The molecule has 2 heterocycles. The molecule has 2 saturated heterocycles. The molecule has 2 rings (SSSR count). The van der Waals surface area contributed by atoms with Crippen molar-refractivity contribution < 1.29 is 9.59 Å². The van der Waals surface area contributed by atoms with Gasteiger partial charge >= 0.3 is 6.03 Å². The van der Waals surface area contributed by atoms with Gasteiger partial charge in [-0.15, -0.1) is 0 Å². The lowest BCUT2D eigenvalue weighted by molar-refractivity contribution is -0.137. The van der Waals surface area contributed by atoms with E-state index in [-0.39, 0.29) is 18.5 Å². The largest absolute Gasteiger partial charge is 0.342 e. The number of piperazine rings is 1. The minimum absolute atomic E-state index is 0.0898. The molecule has 0 unspecified atom stereocenters. The number of unbranched alkanes of at least 4 members (excludes halogenated alkanes) is 1. The van der Waals surface area contributed by atoms with E-state index in [4.69, 9.17) is 0 Å². The first kappa shape index (κ1) is 12.3. The second-order valence-electron chi connectivity index (χ2n) is 4.47. The summed E-state index contributed by atoms with van der Waals surface area (Å²) in [6, 6.07) is -0.148. The summed E-state index contributed by atoms with van der Waals surface area (Å²) in [7, 11) is 0. The molecular weight excluding hydrogens is 220 g/mol. The first-order valence-corrected chi connectivity index (χ1v) is 6.31. The van der Waals surface area contributed by atoms with Crippen molar-refractivity contribution in [3.63, 3.8) is 0 Å². The molecule has 3 amide bonds. The van der Waals surface area contributed by atoms with Crippen molar-refractivity contribution in [2.45, 2.75) is 19.8 Å². The third kappa shape index (κ3) is 2.58. The molecule has 0 aromatic rings. The Balaban J connectivity index is 1.97. The van der Waals surface area contributed by atoms with Crippen LogP contribution >= 0.6 is 0 Å². The predicted molar refractivity (Wildman–Crippen MR) is 63.2 cm³/mol. The molecule has 17 heavy (non-hydrogen) atoms. The van der Waals surface area contributed by atoms with E-state index in [0.29, 0.717) is 6.54 Å². The van der Waals surface area contributed by atoms with Crippen LogP contribution in [0.1, 0.15) is 19.8 Å². The standard InChI is InChI=1S/C11H20N4O2/c1-2-3-6-13-9-10(16)15(11(13)17)14-7-4-12-5-8-14/h12H,2-9H2,1H3. The van der Waals surface area contributed by atoms with Gasteiger partial charge in [0.25, 0.3) is 5.91 Å². The highest BCUT2D eigenvalue weighted by Crippen LogP contribution is 2.14. The molecule has 0 aliphatic carbocycles. The summed E-state index contributed by atoms with van der Waals surface area (Å²) >= 11 is 0. The number of hydrogen-bond donors (Lipinski definition) is 1. The maximum Gasteiger partial charge on any atom is 0.342 e. The van der Waals surface area contributed by atoms with E-state index in [1.165, 1.54) is 5.01 Å². The normalized spacial score (nSPS) is 22.6. The van der Waals surface area contributed by atoms with Gasteiger partial charge in [-0.2, -0.15) is 5.01 Å². The molecule has 0 saturated carbocycles. The highest BCUT2D eigenvalue weighted by Gasteiger charge is 2.39. The highest BCUT2D eigenvalue weighted by molar-refractivity contribution is 6.01. The van der Waals surface area contributed by atoms with Gasteiger partial charge in [0.15, 0.2) is 0 Å². The SMILES string of the molecule is CCCCN1CC(=O)N(N2CCNCC2)C1=O. The van der Waals surface area contributed by atoms with Crippen LogP contribution in [0, 0.1) is 0 Å². The number of rotatable bonds is 4. The molecule has 6 heteroatoms. The Morgan fingerprint density at radius 3 is 2.59 bits per heavy atom. The molecule has 0 radical (unpaired) electrons. The van der Waals surface area contributed by atoms with Crippen molar-refractivity contribution in [2.75, 3.05) is 39.3 Å². The Hall–Kier alpha value is -1.14. The van der Waals surface area contributed by atoms with Crippen molar-refractivity contribution in [1.29, 1.82) is 0 Å². The predicted octanol–water partition coefficient (Wildman–Crippen LogP) is -0.129. The Labute approximate surface area is 101 Å². The fourth-order valence-electron chi connectivity index (χ4n) is 2.19. The van der Waals surface area contributed by atoms with Crippen LogP contribution in [0.4, 0.5) is 4.79 Å². The van der Waals surface area contributed by atoms with Gasteiger partial charge in [-0.25, -0.2) is 9.80 Å². The van der Waals surface area contributed by atoms with E-state index in [0.717, 1.165) is 39.0 Å². The fourth-order valence-corrected chi connectivity index (χ4v) is 2.19. The van der Waals surface area contributed by atoms with E-state index in [1.54, 1.807) is 4.90 Å². The molecule has 0 bridgehead atoms. The second-order valence-corrected chi connectivity index (χ2v) is 4.47.